The molecule has 3 atom stereocenters. The fraction of sp³-hybridized carbons (Fsp3) is 0.667. The summed E-state index contributed by atoms with van der Waals surface area (Å²) >= 11 is 0. The van der Waals surface area contributed by atoms with Gasteiger partial charge in [-0.15, -0.1) is 0 Å². The Morgan fingerprint density at radius 3 is 1.12 bits per heavy atom. The van der Waals surface area contributed by atoms with Crippen LogP contribution in [-0.4, -0.2) is 145 Å². The van der Waals surface area contributed by atoms with Crippen LogP contribution in [0.3, 0.4) is 0 Å². The van der Waals surface area contributed by atoms with Crippen molar-refractivity contribution in [3.8, 4) is 0 Å². The smallest absolute Gasteiger partial charge is 0.0996 e. The minimum atomic E-state index is -0.230. The van der Waals surface area contributed by atoms with E-state index in [1.54, 1.807) is 18.6 Å². The number of hydrogen-bond donors (Lipinski definition) is 6. The molecule has 172 valence electrons. The third-order valence-electron chi connectivity index (χ3n) is 5.31. The number of rotatable bonds is 15. The van der Waals surface area contributed by atoms with E-state index in [1.807, 2.05) is 0 Å². The van der Waals surface area contributed by atoms with E-state index in [9.17, 15) is 15.3 Å². The Morgan fingerprint density at radius 2 is 0.909 bits per heavy atom. The van der Waals surface area contributed by atoms with Crippen LogP contribution in [0.2, 0.25) is 0 Å². The first-order valence-corrected chi connectivity index (χ1v) is 10.5. The molecule has 0 aromatic carbocycles. The van der Waals surface area contributed by atoms with Gasteiger partial charge in [-0.25, -0.2) is 0 Å². The quantitative estimate of drug-likeness (QED) is 0.154. The van der Waals surface area contributed by atoms with Crippen molar-refractivity contribution in [1.29, 1.82) is 0 Å². The van der Waals surface area contributed by atoms with Crippen molar-refractivity contribution in [1.82, 2.24) is 51.1 Å². The van der Waals surface area contributed by atoms with Gasteiger partial charge in [0, 0.05) is 78.9 Å². The standard InChI is InChI=1S/C18H30N10O3.2Na/c29-7-1-4-16(13-10-19-25-22-13)28(17(5-2-8-30)14-11-20-26-23-14)18(6-3-9-31)15-12-21-27-24-15;;/h10-12,16-18,29-31H,1-9H2,(H,19,22,25)(H,20,23,26)(H,21,24,27);;. The number of nitrogens with one attached hydrogen (secondary N) is 3. The summed E-state index contributed by atoms with van der Waals surface area (Å²) in [7, 11) is 0. The van der Waals surface area contributed by atoms with Gasteiger partial charge in [-0.1, -0.05) is 0 Å². The van der Waals surface area contributed by atoms with Gasteiger partial charge in [0.1, 0.15) is 0 Å². The predicted octanol–water partition coefficient (Wildman–Crippen LogP) is -0.577. The fourth-order valence-corrected chi connectivity index (χ4v) is 3.97. The molecule has 0 aliphatic heterocycles. The third-order valence-corrected chi connectivity index (χ3v) is 5.31. The summed E-state index contributed by atoms with van der Waals surface area (Å²) in [6, 6.07) is -0.690. The number of aromatic amines is 3. The second kappa shape index (κ2) is 16.8. The Balaban J connectivity index is 0.00000272. The summed E-state index contributed by atoms with van der Waals surface area (Å²) in [5.74, 6) is 0. The van der Waals surface area contributed by atoms with Gasteiger partial charge in [-0.05, 0) is 38.5 Å². The molecule has 0 saturated heterocycles. The molecule has 0 aliphatic rings. The van der Waals surface area contributed by atoms with Gasteiger partial charge in [0.2, 0.25) is 0 Å². The molecule has 3 rings (SSSR count). The van der Waals surface area contributed by atoms with Crippen molar-refractivity contribution in [2.75, 3.05) is 19.8 Å². The monoisotopic (exact) mass is 480 g/mol. The molecule has 0 aliphatic carbocycles. The fourth-order valence-electron chi connectivity index (χ4n) is 3.97. The van der Waals surface area contributed by atoms with E-state index < -0.39 is 0 Å². The molecule has 0 saturated carbocycles. The first-order chi connectivity index (χ1) is 15.3. The molecule has 2 radical (unpaired) electrons. The van der Waals surface area contributed by atoms with Crippen molar-refractivity contribution in [2.24, 2.45) is 0 Å². The molecule has 6 N–H and O–H groups in total. The summed E-state index contributed by atoms with van der Waals surface area (Å²) < 4.78 is 0. The van der Waals surface area contributed by atoms with Crippen molar-refractivity contribution >= 4 is 59.1 Å². The van der Waals surface area contributed by atoms with E-state index in [1.165, 1.54) is 0 Å². The van der Waals surface area contributed by atoms with Crippen molar-refractivity contribution < 1.29 is 15.3 Å². The maximum absolute atomic E-state index is 9.54. The number of H-pyrrole nitrogens is 3. The van der Waals surface area contributed by atoms with Crippen LogP contribution in [0.4, 0.5) is 0 Å². The first-order valence-electron chi connectivity index (χ1n) is 10.5. The number of aliphatic hydroxyl groups is 3. The van der Waals surface area contributed by atoms with Crippen LogP contribution in [0.25, 0.3) is 0 Å². The molecule has 0 amide bonds. The first kappa shape index (κ1) is 30.3. The van der Waals surface area contributed by atoms with E-state index in [2.05, 4.69) is 51.1 Å². The molecule has 13 nitrogen and oxygen atoms in total. The largest absolute Gasteiger partial charge is 0.396 e. The third kappa shape index (κ3) is 8.46. The van der Waals surface area contributed by atoms with Crippen LogP contribution in [0.5, 0.6) is 0 Å². The molecule has 0 fully saturated rings. The number of nitrogens with zero attached hydrogens (tertiary/aromatic N) is 7. The van der Waals surface area contributed by atoms with Crippen LogP contribution in [0.1, 0.15) is 73.7 Å². The van der Waals surface area contributed by atoms with E-state index in [0.717, 1.165) is 17.1 Å². The molecule has 0 spiro atoms. The number of aromatic nitrogens is 9. The molecule has 0 bridgehead atoms. The van der Waals surface area contributed by atoms with Gasteiger partial charge in [0.25, 0.3) is 0 Å². The van der Waals surface area contributed by atoms with Gasteiger partial charge in [-0.3, -0.25) is 4.90 Å². The molecular weight excluding hydrogens is 450 g/mol. The minimum Gasteiger partial charge on any atom is -0.396 e. The molecule has 3 unspecified atom stereocenters. The molecule has 15 heteroatoms. The topological polar surface area (TPSA) is 189 Å². The van der Waals surface area contributed by atoms with E-state index in [4.69, 9.17) is 0 Å². The van der Waals surface area contributed by atoms with Crippen LogP contribution in [-0.2, 0) is 0 Å². The Hall–Kier alpha value is -0.740. The van der Waals surface area contributed by atoms with E-state index in [0.29, 0.717) is 38.5 Å². The van der Waals surface area contributed by atoms with Crippen molar-refractivity contribution in [3.05, 3.63) is 35.7 Å². The Bertz CT molecular complexity index is 713. The molecular formula is C18H30N10Na2O3. The van der Waals surface area contributed by atoms with E-state index in [-0.39, 0.29) is 97.1 Å². The second-order valence-corrected chi connectivity index (χ2v) is 7.28. The summed E-state index contributed by atoms with van der Waals surface area (Å²) in [6.45, 7) is 0.121. The van der Waals surface area contributed by atoms with Crippen LogP contribution in [0, 0.1) is 0 Å². The van der Waals surface area contributed by atoms with Gasteiger partial charge >= 0.3 is 0 Å². The predicted molar refractivity (Wildman–Crippen MR) is 120 cm³/mol. The molecule has 3 aromatic rings. The summed E-state index contributed by atoms with van der Waals surface area (Å²) in [5.41, 5.74) is 2.18. The Morgan fingerprint density at radius 1 is 0.606 bits per heavy atom. The number of hydrogen-bond acceptors (Lipinski definition) is 10. The number of aliphatic hydroxyl groups excluding tert-OH is 3. The average Bonchev–Trinajstić information content (AvgIpc) is 3.57. The van der Waals surface area contributed by atoms with Crippen molar-refractivity contribution in [3.63, 3.8) is 0 Å². The zero-order valence-electron chi connectivity index (χ0n) is 19.3. The summed E-state index contributed by atoms with van der Waals surface area (Å²) in [5, 5.41) is 61.6. The van der Waals surface area contributed by atoms with Gasteiger partial charge in [0.15, 0.2) is 0 Å². The maximum Gasteiger partial charge on any atom is 0.0996 e. The normalized spacial score (nSPS) is 13.8. The SMILES string of the molecule is OCCCC(c1cn[nH]n1)N(C(CCCO)c1cn[nH]n1)C(CCCO)c1cn[nH]n1.[Na].[Na]. The Kier molecular flexibility index (Phi) is 15.4. The van der Waals surface area contributed by atoms with Gasteiger partial charge < -0.3 is 15.3 Å². The summed E-state index contributed by atoms with van der Waals surface area (Å²) in [6.07, 6.45) is 8.55. The van der Waals surface area contributed by atoms with Crippen LogP contribution >= 0.6 is 0 Å². The van der Waals surface area contributed by atoms with Gasteiger partial charge in [-0.2, -0.15) is 46.2 Å². The molecule has 3 heterocycles. The zero-order valence-corrected chi connectivity index (χ0v) is 23.3. The van der Waals surface area contributed by atoms with Crippen LogP contribution in [0.15, 0.2) is 18.6 Å². The van der Waals surface area contributed by atoms with Crippen LogP contribution < -0.4 is 0 Å². The van der Waals surface area contributed by atoms with E-state index >= 15 is 0 Å². The van der Waals surface area contributed by atoms with Gasteiger partial charge in [0.05, 0.1) is 53.8 Å². The zero-order chi connectivity index (χ0) is 21.9. The molecule has 33 heavy (non-hydrogen) atoms. The maximum atomic E-state index is 9.54. The average molecular weight is 480 g/mol. The Labute approximate surface area is 236 Å². The molecule has 3 aromatic heterocycles. The van der Waals surface area contributed by atoms with Crippen molar-refractivity contribution in [2.45, 2.75) is 56.7 Å². The second-order valence-electron chi connectivity index (χ2n) is 7.28. The summed E-state index contributed by atoms with van der Waals surface area (Å²) in [4.78, 5) is 2.23. The minimum absolute atomic E-state index is 0.